The Bertz CT molecular complexity index is 548. The summed E-state index contributed by atoms with van der Waals surface area (Å²) in [6.07, 6.45) is 5.30. The lowest BCUT2D eigenvalue weighted by atomic mass is 9.77. The van der Waals surface area contributed by atoms with Gasteiger partial charge in [0.25, 0.3) is 0 Å². The lowest BCUT2D eigenvalue weighted by Gasteiger charge is -2.52. The van der Waals surface area contributed by atoms with Gasteiger partial charge in [-0.05, 0) is 38.8 Å². The van der Waals surface area contributed by atoms with Gasteiger partial charge in [0.05, 0.1) is 12.8 Å². The summed E-state index contributed by atoms with van der Waals surface area (Å²) >= 11 is 0. The van der Waals surface area contributed by atoms with E-state index in [1.54, 1.807) is 7.11 Å². The number of ether oxygens (including phenoxy) is 1. The quantitative estimate of drug-likeness (QED) is 0.904. The molecule has 21 heavy (non-hydrogen) atoms. The summed E-state index contributed by atoms with van der Waals surface area (Å²) in [5.41, 5.74) is 1.49. The third-order valence-electron chi connectivity index (χ3n) is 4.79. The van der Waals surface area contributed by atoms with E-state index in [4.69, 9.17) is 4.74 Å². The van der Waals surface area contributed by atoms with Gasteiger partial charge in [-0.1, -0.05) is 25.3 Å². The van der Waals surface area contributed by atoms with E-state index in [2.05, 4.69) is 24.1 Å². The first-order valence-electron chi connectivity index (χ1n) is 7.88. The van der Waals surface area contributed by atoms with E-state index in [0.29, 0.717) is 0 Å². The summed E-state index contributed by atoms with van der Waals surface area (Å²) < 4.78 is 5.57. The molecule has 4 heteroatoms. The molecule has 1 saturated carbocycles. The molecule has 1 N–H and O–H groups in total. The number of amides is 1. The molecule has 1 heterocycles. The van der Waals surface area contributed by atoms with Crippen LogP contribution in [0.25, 0.3) is 0 Å². The van der Waals surface area contributed by atoms with E-state index in [1.807, 2.05) is 18.2 Å². The molecule has 1 aliphatic carbocycles. The Balaban J connectivity index is 2.18. The van der Waals surface area contributed by atoms with Gasteiger partial charge in [-0.2, -0.15) is 0 Å². The summed E-state index contributed by atoms with van der Waals surface area (Å²) in [6.45, 7) is 4.32. The van der Waals surface area contributed by atoms with Crippen molar-refractivity contribution in [2.24, 2.45) is 0 Å². The molecule has 1 aromatic rings. The first-order chi connectivity index (χ1) is 10.1. The van der Waals surface area contributed by atoms with Crippen LogP contribution >= 0.6 is 0 Å². The number of hydrogen-bond acceptors (Lipinski definition) is 3. The second-order valence-electron chi connectivity index (χ2n) is 6.37. The summed E-state index contributed by atoms with van der Waals surface area (Å²) in [5.74, 6) is 0.989. The van der Waals surface area contributed by atoms with Crippen LogP contribution in [0.1, 0.15) is 46.0 Å². The smallest absolute Gasteiger partial charge is 0.250 e. The van der Waals surface area contributed by atoms with Crippen molar-refractivity contribution in [3.05, 3.63) is 18.2 Å². The molecule has 4 nitrogen and oxygen atoms in total. The molecular formula is C17H24N2O2. The Kier molecular flexibility index (Phi) is 3.56. The van der Waals surface area contributed by atoms with E-state index < -0.39 is 5.54 Å². The fourth-order valence-corrected chi connectivity index (χ4v) is 3.96. The minimum Gasteiger partial charge on any atom is -0.495 e. The predicted octanol–water partition coefficient (Wildman–Crippen LogP) is 3.57. The maximum absolute atomic E-state index is 12.9. The van der Waals surface area contributed by atoms with Crippen LogP contribution in [0.5, 0.6) is 5.75 Å². The van der Waals surface area contributed by atoms with Crippen molar-refractivity contribution in [3.8, 4) is 5.75 Å². The van der Waals surface area contributed by atoms with Crippen molar-refractivity contribution in [1.29, 1.82) is 0 Å². The Morgan fingerprint density at radius 2 is 1.95 bits per heavy atom. The highest BCUT2D eigenvalue weighted by atomic mass is 16.5. The molecular weight excluding hydrogens is 264 g/mol. The second kappa shape index (κ2) is 5.24. The monoisotopic (exact) mass is 288 g/mol. The van der Waals surface area contributed by atoms with Gasteiger partial charge < -0.3 is 15.0 Å². The number of methoxy groups -OCH3 is 1. The fourth-order valence-electron chi connectivity index (χ4n) is 3.96. The lowest BCUT2D eigenvalue weighted by Crippen LogP contribution is -2.63. The Labute approximate surface area is 126 Å². The van der Waals surface area contributed by atoms with E-state index in [1.165, 1.54) is 6.42 Å². The molecule has 0 saturated heterocycles. The third kappa shape index (κ3) is 2.08. The number of benzene rings is 1. The maximum Gasteiger partial charge on any atom is 0.250 e. The van der Waals surface area contributed by atoms with Crippen molar-refractivity contribution in [1.82, 2.24) is 0 Å². The minimum absolute atomic E-state index is 0.150. The molecule has 1 aliphatic heterocycles. The number of hydrogen-bond donors (Lipinski definition) is 1. The van der Waals surface area contributed by atoms with Gasteiger partial charge in [0.1, 0.15) is 17.0 Å². The van der Waals surface area contributed by atoms with E-state index >= 15 is 0 Å². The summed E-state index contributed by atoms with van der Waals surface area (Å²) in [6, 6.07) is 6.11. The second-order valence-corrected chi connectivity index (χ2v) is 6.37. The summed E-state index contributed by atoms with van der Waals surface area (Å²) in [4.78, 5) is 15.2. The molecule has 1 aromatic carbocycles. The highest BCUT2D eigenvalue weighted by molar-refractivity contribution is 6.08. The molecule has 1 amide bonds. The predicted molar refractivity (Wildman–Crippen MR) is 85.1 cm³/mol. The van der Waals surface area contributed by atoms with Gasteiger partial charge in [0.2, 0.25) is 5.91 Å². The van der Waals surface area contributed by atoms with Crippen LogP contribution in [0, 0.1) is 0 Å². The number of nitrogens with one attached hydrogen (secondary N) is 1. The molecule has 0 aromatic heterocycles. The summed E-state index contributed by atoms with van der Waals surface area (Å²) in [7, 11) is 1.69. The van der Waals surface area contributed by atoms with Gasteiger partial charge >= 0.3 is 0 Å². The lowest BCUT2D eigenvalue weighted by molar-refractivity contribution is -0.123. The number of fused-ring (bicyclic) bond motifs is 1. The van der Waals surface area contributed by atoms with Crippen LogP contribution in [0.15, 0.2) is 18.2 Å². The summed E-state index contributed by atoms with van der Waals surface area (Å²) in [5, 5.41) is 3.12. The molecule has 2 aliphatic rings. The Morgan fingerprint density at radius 1 is 1.24 bits per heavy atom. The van der Waals surface area contributed by atoms with Gasteiger partial charge in [-0.15, -0.1) is 0 Å². The zero-order valence-electron chi connectivity index (χ0n) is 13.1. The molecule has 1 fully saturated rings. The molecule has 0 radical (unpaired) electrons. The SMILES string of the molecule is COc1cccc2c1N(C(C)C)C1(CCCCC1)C(=O)N2. The topological polar surface area (TPSA) is 41.6 Å². The van der Waals surface area contributed by atoms with Gasteiger partial charge in [-0.3, -0.25) is 4.79 Å². The first-order valence-corrected chi connectivity index (χ1v) is 7.88. The van der Waals surface area contributed by atoms with Gasteiger partial charge in [0, 0.05) is 6.04 Å². The van der Waals surface area contributed by atoms with Crippen LogP contribution in [0.2, 0.25) is 0 Å². The molecule has 0 unspecified atom stereocenters. The number of nitrogens with zero attached hydrogens (tertiary/aromatic N) is 1. The third-order valence-corrected chi connectivity index (χ3v) is 4.79. The van der Waals surface area contributed by atoms with Crippen LogP contribution in [-0.2, 0) is 4.79 Å². The Hall–Kier alpha value is -1.71. The van der Waals surface area contributed by atoms with Crippen LogP contribution < -0.4 is 15.0 Å². The highest BCUT2D eigenvalue weighted by Gasteiger charge is 2.50. The molecule has 0 bridgehead atoms. The van der Waals surface area contributed by atoms with Crippen molar-refractivity contribution < 1.29 is 9.53 Å². The van der Waals surface area contributed by atoms with Crippen molar-refractivity contribution in [3.63, 3.8) is 0 Å². The maximum atomic E-state index is 12.9. The molecule has 3 rings (SSSR count). The van der Waals surface area contributed by atoms with E-state index in [0.717, 1.165) is 42.8 Å². The fraction of sp³-hybridized carbons (Fsp3) is 0.588. The minimum atomic E-state index is -0.409. The highest BCUT2D eigenvalue weighted by Crippen LogP contribution is 2.49. The zero-order chi connectivity index (χ0) is 15.0. The average Bonchev–Trinajstić information content (AvgIpc) is 2.48. The number of carbonyl (C=O) groups is 1. The van der Waals surface area contributed by atoms with Gasteiger partial charge in [-0.25, -0.2) is 0 Å². The van der Waals surface area contributed by atoms with Crippen molar-refractivity contribution in [2.75, 3.05) is 17.3 Å². The van der Waals surface area contributed by atoms with Crippen LogP contribution in [-0.4, -0.2) is 24.6 Å². The largest absolute Gasteiger partial charge is 0.495 e. The van der Waals surface area contributed by atoms with E-state index in [-0.39, 0.29) is 11.9 Å². The average molecular weight is 288 g/mol. The zero-order valence-corrected chi connectivity index (χ0v) is 13.1. The number of para-hydroxylation sites is 1. The van der Waals surface area contributed by atoms with Crippen molar-refractivity contribution >= 4 is 17.3 Å². The number of rotatable bonds is 2. The molecule has 0 atom stereocenters. The number of carbonyl (C=O) groups excluding carboxylic acids is 1. The standard InChI is InChI=1S/C17H24N2O2/c1-12(2)19-15-13(8-7-9-14(15)21-3)18-16(20)17(19)10-5-4-6-11-17/h7-9,12H,4-6,10-11H2,1-3H3,(H,18,20). The van der Waals surface area contributed by atoms with Crippen molar-refractivity contribution in [2.45, 2.75) is 57.5 Å². The Morgan fingerprint density at radius 3 is 2.57 bits per heavy atom. The van der Waals surface area contributed by atoms with Crippen LogP contribution in [0.3, 0.4) is 0 Å². The first kappa shape index (κ1) is 14.2. The van der Waals surface area contributed by atoms with E-state index in [9.17, 15) is 4.79 Å². The normalized spacial score (nSPS) is 20.4. The van der Waals surface area contributed by atoms with Crippen LogP contribution in [0.4, 0.5) is 11.4 Å². The van der Waals surface area contributed by atoms with Gasteiger partial charge in [0.15, 0.2) is 0 Å². The molecule has 114 valence electrons. The molecule has 1 spiro atoms. The number of anilines is 2.